The van der Waals surface area contributed by atoms with E-state index in [1.165, 1.54) is 6.20 Å². The molecule has 1 fully saturated rings. The molecule has 0 radical (unpaired) electrons. The molecule has 0 saturated heterocycles. The van der Waals surface area contributed by atoms with Gasteiger partial charge in [0.25, 0.3) is 10.0 Å². The third-order valence-electron chi connectivity index (χ3n) is 3.70. The maximum Gasteiger partial charge on any atom is 0.257 e. The van der Waals surface area contributed by atoms with E-state index >= 15 is 0 Å². The first-order valence-electron chi connectivity index (χ1n) is 6.37. The lowest BCUT2D eigenvalue weighted by molar-refractivity contribution is 0.538. The summed E-state index contributed by atoms with van der Waals surface area (Å²) in [6.07, 6.45) is 5.50. The molecule has 2 heterocycles. The number of hydrogen-bond donors (Lipinski definition) is 2. The van der Waals surface area contributed by atoms with Gasteiger partial charge in [-0.1, -0.05) is 0 Å². The van der Waals surface area contributed by atoms with Gasteiger partial charge in [-0.25, -0.2) is 18.1 Å². The van der Waals surface area contributed by atoms with Crippen LogP contribution in [0, 0.1) is 5.92 Å². The number of fused-ring (bicyclic) bond motifs is 1. The lowest BCUT2D eigenvalue weighted by Crippen LogP contribution is -2.39. The third kappa shape index (κ3) is 2.94. The fourth-order valence-corrected chi connectivity index (χ4v) is 3.65. The summed E-state index contributed by atoms with van der Waals surface area (Å²) in [4.78, 5) is 4.15. The Morgan fingerprint density at radius 2 is 2.26 bits per heavy atom. The van der Waals surface area contributed by atoms with Gasteiger partial charge < -0.3 is 10.3 Å². The quantitative estimate of drug-likeness (QED) is 0.817. The third-order valence-corrected chi connectivity index (χ3v) is 5.12. The van der Waals surface area contributed by atoms with Crippen LogP contribution in [0.25, 0.3) is 0 Å². The summed E-state index contributed by atoms with van der Waals surface area (Å²) in [7, 11) is -3.47. The standard InChI is InChI=1S/C11H18N4O2S.ClH/c12-9(8-3-4-8)6-14-18(16,17)11-7-13-10-2-1-5-15(10)11;/h7-9,14H,1-6,12H2;1H. The minimum Gasteiger partial charge on any atom is -0.326 e. The molecule has 108 valence electrons. The van der Waals surface area contributed by atoms with Crippen LogP contribution in [0.1, 0.15) is 25.1 Å². The molecule has 1 atom stereocenters. The van der Waals surface area contributed by atoms with Crippen molar-refractivity contribution in [2.45, 2.75) is 43.3 Å². The number of imidazole rings is 1. The van der Waals surface area contributed by atoms with E-state index in [2.05, 4.69) is 9.71 Å². The van der Waals surface area contributed by atoms with Gasteiger partial charge in [0.15, 0.2) is 5.03 Å². The van der Waals surface area contributed by atoms with Gasteiger partial charge in [-0.05, 0) is 25.2 Å². The predicted octanol–water partition coefficient (Wildman–Crippen LogP) is 0.267. The van der Waals surface area contributed by atoms with E-state index in [0.717, 1.165) is 38.1 Å². The van der Waals surface area contributed by atoms with Crippen molar-refractivity contribution in [3.8, 4) is 0 Å². The molecule has 1 aromatic rings. The zero-order valence-electron chi connectivity index (χ0n) is 10.6. The molecule has 0 bridgehead atoms. The first kappa shape index (κ1) is 14.8. The minimum atomic E-state index is -3.47. The predicted molar refractivity (Wildman–Crippen MR) is 73.7 cm³/mol. The zero-order valence-corrected chi connectivity index (χ0v) is 12.2. The molecule has 1 saturated carbocycles. The van der Waals surface area contributed by atoms with Crippen LogP contribution in [0.4, 0.5) is 0 Å². The second kappa shape index (κ2) is 5.40. The number of nitrogens with zero attached hydrogens (tertiary/aromatic N) is 2. The SMILES string of the molecule is Cl.NC(CNS(=O)(=O)c1cnc2n1CCC2)C1CC1. The largest absolute Gasteiger partial charge is 0.326 e. The maximum atomic E-state index is 12.2. The van der Waals surface area contributed by atoms with Crippen LogP contribution in [-0.4, -0.2) is 30.6 Å². The zero-order chi connectivity index (χ0) is 12.8. The Kier molecular flexibility index (Phi) is 4.20. The van der Waals surface area contributed by atoms with E-state index in [0.29, 0.717) is 12.5 Å². The van der Waals surface area contributed by atoms with Gasteiger partial charge >= 0.3 is 0 Å². The minimum absolute atomic E-state index is 0. The average Bonchev–Trinajstić information content (AvgIpc) is 2.93. The van der Waals surface area contributed by atoms with Gasteiger partial charge in [-0.2, -0.15) is 0 Å². The molecule has 1 aliphatic heterocycles. The average molecular weight is 307 g/mol. The highest BCUT2D eigenvalue weighted by Crippen LogP contribution is 2.31. The van der Waals surface area contributed by atoms with E-state index in [4.69, 9.17) is 5.73 Å². The van der Waals surface area contributed by atoms with Crippen LogP contribution in [-0.2, 0) is 23.0 Å². The van der Waals surface area contributed by atoms with Crippen molar-refractivity contribution < 1.29 is 8.42 Å². The topological polar surface area (TPSA) is 90.0 Å². The Labute approximate surface area is 119 Å². The molecule has 6 nitrogen and oxygen atoms in total. The van der Waals surface area contributed by atoms with Crippen LogP contribution in [0.2, 0.25) is 0 Å². The molecule has 19 heavy (non-hydrogen) atoms. The van der Waals surface area contributed by atoms with Gasteiger partial charge in [-0.15, -0.1) is 12.4 Å². The van der Waals surface area contributed by atoms with Gasteiger partial charge in [0.1, 0.15) is 5.82 Å². The van der Waals surface area contributed by atoms with Crippen molar-refractivity contribution in [3.05, 3.63) is 12.0 Å². The molecule has 1 unspecified atom stereocenters. The lowest BCUT2D eigenvalue weighted by atomic mass is 10.2. The highest BCUT2D eigenvalue weighted by atomic mass is 35.5. The van der Waals surface area contributed by atoms with E-state index in [1.54, 1.807) is 4.57 Å². The molecule has 3 rings (SSSR count). The van der Waals surface area contributed by atoms with Crippen molar-refractivity contribution in [2.24, 2.45) is 11.7 Å². The number of sulfonamides is 1. The van der Waals surface area contributed by atoms with Gasteiger partial charge in [-0.3, -0.25) is 0 Å². The van der Waals surface area contributed by atoms with Crippen LogP contribution in [0.3, 0.4) is 0 Å². The van der Waals surface area contributed by atoms with Crippen LogP contribution in [0.5, 0.6) is 0 Å². The number of aromatic nitrogens is 2. The molecule has 2 aliphatic rings. The van der Waals surface area contributed by atoms with Crippen LogP contribution in [0.15, 0.2) is 11.2 Å². The first-order valence-corrected chi connectivity index (χ1v) is 7.86. The molecule has 0 amide bonds. The van der Waals surface area contributed by atoms with E-state index in [-0.39, 0.29) is 23.5 Å². The van der Waals surface area contributed by atoms with Crippen LogP contribution < -0.4 is 10.5 Å². The second-order valence-electron chi connectivity index (χ2n) is 5.12. The molecular formula is C11H19ClN4O2S. The maximum absolute atomic E-state index is 12.2. The van der Waals surface area contributed by atoms with Gasteiger partial charge in [0, 0.05) is 25.6 Å². The first-order chi connectivity index (χ1) is 8.58. The lowest BCUT2D eigenvalue weighted by Gasteiger charge is -2.12. The summed E-state index contributed by atoms with van der Waals surface area (Å²) in [5.74, 6) is 1.35. The summed E-state index contributed by atoms with van der Waals surface area (Å²) < 4.78 is 28.7. The molecule has 1 aliphatic carbocycles. The molecule has 0 aromatic carbocycles. The Hall–Kier alpha value is -0.630. The number of rotatable bonds is 5. The summed E-state index contributed by atoms with van der Waals surface area (Å²) in [6, 6.07) is -0.0688. The van der Waals surface area contributed by atoms with Crippen molar-refractivity contribution in [1.82, 2.24) is 14.3 Å². The normalized spacial score (nSPS) is 19.8. The molecular weight excluding hydrogens is 288 g/mol. The summed E-state index contributed by atoms with van der Waals surface area (Å²) >= 11 is 0. The van der Waals surface area contributed by atoms with E-state index < -0.39 is 10.0 Å². The summed E-state index contributed by atoms with van der Waals surface area (Å²) in [6.45, 7) is 1.05. The highest BCUT2D eigenvalue weighted by Gasteiger charge is 2.30. The van der Waals surface area contributed by atoms with Crippen molar-refractivity contribution in [3.63, 3.8) is 0 Å². The fraction of sp³-hybridized carbons (Fsp3) is 0.727. The number of hydrogen-bond acceptors (Lipinski definition) is 4. The van der Waals surface area contributed by atoms with Gasteiger partial charge in [0.05, 0.1) is 6.20 Å². The molecule has 3 N–H and O–H groups in total. The number of nitrogens with two attached hydrogens (primary N) is 1. The summed E-state index contributed by atoms with van der Waals surface area (Å²) in [5, 5.41) is 0.276. The summed E-state index contributed by atoms with van der Waals surface area (Å²) in [5.41, 5.74) is 5.90. The van der Waals surface area contributed by atoms with Crippen molar-refractivity contribution in [1.29, 1.82) is 0 Å². The van der Waals surface area contributed by atoms with Crippen LogP contribution >= 0.6 is 12.4 Å². The highest BCUT2D eigenvalue weighted by molar-refractivity contribution is 7.89. The number of nitrogens with one attached hydrogen (secondary N) is 1. The van der Waals surface area contributed by atoms with E-state index in [9.17, 15) is 8.42 Å². The van der Waals surface area contributed by atoms with Gasteiger partial charge in [0.2, 0.25) is 0 Å². The fourth-order valence-electron chi connectivity index (χ4n) is 2.42. The monoisotopic (exact) mass is 306 g/mol. The van der Waals surface area contributed by atoms with Crippen molar-refractivity contribution in [2.75, 3.05) is 6.54 Å². The second-order valence-corrected chi connectivity index (χ2v) is 6.83. The Morgan fingerprint density at radius 1 is 1.53 bits per heavy atom. The number of halogens is 1. The van der Waals surface area contributed by atoms with E-state index in [1.807, 2.05) is 0 Å². The smallest absolute Gasteiger partial charge is 0.257 e. The van der Waals surface area contributed by atoms with Crippen molar-refractivity contribution >= 4 is 22.4 Å². The molecule has 8 heteroatoms. The molecule has 0 spiro atoms. The Balaban J connectivity index is 0.00000133. The molecule has 1 aromatic heterocycles. The Morgan fingerprint density at radius 3 is 2.95 bits per heavy atom. The number of aryl methyl sites for hydroxylation is 1. The Bertz CT molecular complexity index is 553.